The molecular weight excluding hydrogens is 250 g/mol. The van der Waals surface area contributed by atoms with Crippen molar-refractivity contribution in [3.63, 3.8) is 0 Å². The zero-order valence-corrected chi connectivity index (χ0v) is 12.3. The molecule has 20 heavy (non-hydrogen) atoms. The van der Waals surface area contributed by atoms with Crippen molar-refractivity contribution >= 4 is 5.95 Å². The number of nitrogens with zero attached hydrogens (tertiary/aromatic N) is 2. The Kier molecular flexibility index (Phi) is 5.62. The van der Waals surface area contributed by atoms with Crippen LogP contribution in [0.5, 0.6) is 0 Å². The number of ether oxygens (including phenoxy) is 1. The molecule has 2 aromatic rings. The summed E-state index contributed by atoms with van der Waals surface area (Å²) in [6.45, 7) is 6.64. The molecule has 0 aliphatic carbocycles. The smallest absolute Gasteiger partial charge is 0.207 e. The highest BCUT2D eigenvalue weighted by atomic mass is 16.5. The van der Waals surface area contributed by atoms with Gasteiger partial charge in [-0.25, -0.2) is 4.98 Å². The lowest BCUT2D eigenvalue weighted by molar-refractivity contribution is 0.134. The number of para-hydroxylation sites is 1. The van der Waals surface area contributed by atoms with E-state index in [1.807, 2.05) is 31.3 Å². The van der Waals surface area contributed by atoms with Crippen LogP contribution < -0.4 is 5.32 Å². The molecule has 4 heteroatoms. The zero-order chi connectivity index (χ0) is 14.2. The summed E-state index contributed by atoms with van der Waals surface area (Å²) in [6.07, 6.45) is 4.11. The highest BCUT2D eigenvalue weighted by molar-refractivity contribution is 5.42. The van der Waals surface area contributed by atoms with Crippen molar-refractivity contribution in [1.29, 1.82) is 0 Å². The fraction of sp³-hybridized carbons (Fsp3) is 0.438. The van der Waals surface area contributed by atoms with Crippen molar-refractivity contribution < 1.29 is 4.74 Å². The predicted octanol–water partition coefficient (Wildman–Crippen LogP) is 3.41. The second-order valence-electron chi connectivity index (χ2n) is 4.80. The van der Waals surface area contributed by atoms with Crippen molar-refractivity contribution in [2.45, 2.75) is 26.7 Å². The van der Waals surface area contributed by atoms with E-state index >= 15 is 0 Å². The minimum absolute atomic E-state index is 0.797. The van der Waals surface area contributed by atoms with Gasteiger partial charge in [0, 0.05) is 31.6 Å². The van der Waals surface area contributed by atoms with Gasteiger partial charge >= 0.3 is 0 Å². The number of aromatic nitrogens is 2. The van der Waals surface area contributed by atoms with E-state index in [4.69, 9.17) is 4.74 Å². The van der Waals surface area contributed by atoms with E-state index in [1.165, 1.54) is 0 Å². The highest BCUT2D eigenvalue weighted by Gasteiger charge is 2.06. The van der Waals surface area contributed by atoms with Gasteiger partial charge in [0.05, 0.1) is 5.69 Å². The number of aryl methyl sites for hydroxylation is 1. The lowest BCUT2D eigenvalue weighted by atomic mass is 10.3. The van der Waals surface area contributed by atoms with E-state index in [-0.39, 0.29) is 0 Å². The van der Waals surface area contributed by atoms with Crippen molar-refractivity contribution in [3.8, 4) is 5.69 Å². The van der Waals surface area contributed by atoms with Gasteiger partial charge in [0.25, 0.3) is 0 Å². The van der Waals surface area contributed by atoms with Crippen LogP contribution in [0.2, 0.25) is 0 Å². The molecule has 4 nitrogen and oxygen atoms in total. The first-order chi connectivity index (χ1) is 9.81. The molecule has 0 bridgehead atoms. The molecular formula is C16H23N3O. The standard InChI is InChI=1S/C16H23N3O/c1-3-11-20-12-7-10-17-16-18-14(2)13-19(16)15-8-5-4-6-9-15/h4-6,8-9,13H,3,7,10-12H2,1-2H3,(H,17,18). The fourth-order valence-electron chi connectivity index (χ4n) is 2.03. The van der Waals surface area contributed by atoms with Crippen molar-refractivity contribution in [2.24, 2.45) is 0 Å². The molecule has 1 heterocycles. The average Bonchev–Trinajstić information content (AvgIpc) is 2.85. The molecule has 1 N–H and O–H groups in total. The highest BCUT2D eigenvalue weighted by Crippen LogP contribution is 2.16. The molecule has 108 valence electrons. The minimum atomic E-state index is 0.797. The Labute approximate surface area is 120 Å². The van der Waals surface area contributed by atoms with E-state index < -0.39 is 0 Å². The summed E-state index contributed by atoms with van der Waals surface area (Å²) >= 11 is 0. The van der Waals surface area contributed by atoms with Crippen LogP contribution >= 0.6 is 0 Å². The molecule has 0 saturated heterocycles. The van der Waals surface area contributed by atoms with Gasteiger partial charge in [0.2, 0.25) is 5.95 Å². The van der Waals surface area contributed by atoms with Gasteiger partial charge in [-0.2, -0.15) is 0 Å². The third kappa shape index (κ3) is 4.10. The van der Waals surface area contributed by atoms with E-state index in [1.54, 1.807) is 0 Å². The van der Waals surface area contributed by atoms with Gasteiger partial charge < -0.3 is 10.1 Å². The molecule has 2 rings (SSSR count). The average molecular weight is 273 g/mol. The lowest BCUT2D eigenvalue weighted by Gasteiger charge is -2.09. The van der Waals surface area contributed by atoms with Gasteiger partial charge in [-0.15, -0.1) is 0 Å². The number of imidazole rings is 1. The Morgan fingerprint density at radius 3 is 2.75 bits per heavy atom. The number of hydrogen-bond acceptors (Lipinski definition) is 3. The van der Waals surface area contributed by atoms with Gasteiger partial charge in [0.1, 0.15) is 0 Å². The Bertz CT molecular complexity index is 508. The quantitative estimate of drug-likeness (QED) is 0.749. The second-order valence-corrected chi connectivity index (χ2v) is 4.80. The number of hydrogen-bond donors (Lipinski definition) is 1. The van der Waals surface area contributed by atoms with Crippen molar-refractivity contribution in [3.05, 3.63) is 42.2 Å². The van der Waals surface area contributed by atoms with Crippen LogP contribution in [0, 0.1) is 6.92 Å². The van der Waals surface area contributed by atoms with E-state index in [0.717, 1.165) is 49.9 Å². The van der Waals surface area contributed by atoms with Crippen LogP contribution in [0.1, 0.15) is 25.5 Å². The van der Waals surface area contributed by atoms with Crippen molar-refractivity contribution in [2.75, 3.05) is 25.1 Å². The van der Waals surface area contributed by atoms with Crippen LogP contribution in [0.3, 0.4) is 0 Å². The van der Waals surface area contributed by atoms with Crippen LogP contribution in [0.25, 0.3) is 5.69 Å². The number of anilines is 1. The Balaban J connectivity index is 1.92. The second kappa shape index (κ2) is 7.70. The molecule has 0 spiro atoms. The molecule has 0 amide bonds. The monoisotopic (exact) mass is 273 g/mol. The number of benzene rings is 1. The molecule has 0 radical (unpaired) electrons. The summed E-state index contributed by atoms with van der Waals surface area (Å²) in [7, 11) is 0. The molecule has 1 aromatic carbocycles. The first-order valence-electron chi connectivity index (χ1n) is 7.24. The predicted molar refractivity (Wildman–Crippen MR) is 82.5 cm³/mol. The molecule has 0 unspecified atom stereocenters. The van der Waals surface area contributed by atoms with Crippen LogP contribution in [-0.2, 0) is 4.74 Å². The van der Waals surface area contributed by atoms with E-state index in [2.05, 4.69) is 33.9 Å². The normalized spacial score (nSPS) is 10.7. The molecule has 0 saturated carbocycles. The minimum Gasteiger partial charge on any atom is -0.381 e. The third-order valence-electron chi connectivity index (χ3n) is 2.96. The van der Waals surface area contributed by atoms with Gasteiger partial charge in [-0.05, 0) is 31.9 Å². The first-order valence-corrected chi connectivity index (χ1v) is 7.24. The first kappa shape index (κ1) is 14.6. The van der Waals surface area contributed by atoms with Crippen LogP contribution in [0.4, 0.5) is 5.95 Å². The summed E-state index contributed by atoms with van der Waals surface area (Å²) < 4.78 is 7.56. The summed E-state index contributed by atoms with van der Waals surface area (Å²) in [5.74, 6) is 0.893. The van der Waals surface area contributed by atoms with Crippen LogP contribution in [-0.4, -0.2) is 29.3 Å². The number of rotatable bonds is 8. The van der Waals surface area contributed by atoms with E-state index in [0.29, 0.717) is 0 Å². The molecule has 0 atom stereocenters. The Hall–Kier alpha value is -1.81. The maximum Gasteiger partial charge on any atom is 0.207 e. The van der Waals surface area contributed by atoms with Crippen LogP contribution in [0.15, 0.2) is 36.5 Å². The molecule has 0 aliphatic heterocycles. The summed E-state index contributed by atoms with van der Waals surface area (Å²) in [6, 6.07) is 10.2. The van der Waals surface area contributed by atoms with Crippen molar-refractivity contribution in [1.82, 2.24) is 9.55 Å². The SMILES string of the molecule is CCCOCCCNc1nc(C)cn1-c1ccccc1. The zero-order valence-electron chi connectivity index (χ0n) is 12.3. The summed E-state index contributed by atoms with van der Waals surface area (Å²) in [4.78, 5) is 4.53. The lowest BCUT2D eigenvalue weighted by Crippen LogP contribution is -2.10. The maximum absolute atomic E-state index is 5.47. The molecule has 0 fully saturated rings. The topological polar surface area (TPSA) is 39.1 Å². The van der Waals surface area contributed by atoms with E-state index in [9.17, 15) is 0 Å². The van der Waals surface area contributed by atoms with Gasteiger partial charge in [0.15, 0.2) is 0 Å². The largest absolute Gasteiger partial charge is 0.381 e. The summed E-state index contributed by atoms with van der Waals surface area (Å²) in [5.41, 5.74) is 2.14. The Morgan fingerprint density at radius 2 is 2.00 bits per heavy atom. The number of nitrogens with one attached hydrogen (secondary N) is 1. The molecule has 1 aromatic heterocycles. The molecule has 0 aliphatic rings. The van der Waals surface area contributed by atoms with Gasteiger partial charge in [-0.1, -0.05) is 25.1 Å². The summed E-state index contributed by atoms with van der Waals surface area (Å²) in [5, 5.41) is 3.38. The fourth-order valence-corrected chi connectivity index (χ4v) is 2.03. The Morgan fingerprint density at radius 1 is 1.20 bits per heavy atom. The van der Waals surface area contributed by atoms with Gasteiger partial charge in [-0.3, -0.25) is 4.57 Å². The third-order valence-corrected chi connectivity index (χ3v) is 2.96. The maximum atomic E-state index is 5.47.